The Morgan fingerprint density at radius 1 is 1.30 bits per heavy atom. The number of fused-ring (bicyclic) bond motifs is 2. The molecular formula is C17H16N4O5S. The third kappa shape index (κ3) is 2.92. The van der Waals surface area contributed by atoms with E-state index < -0.39 is 21.7 Å². The van der Waals surface area contributed by atoms with Gasteiger partial charge in [0, 0.05) is 31.2 Å². The number of carbonyl (C=O) groups is 1. The molecule has 0 radical (unpaired) electrons. The van der Waals surface area contributed by atoms with Crippen LogP contribution in [0.5, 0.6) is 0 Å². The molecule has 0 spiro atoms. The highest BCUT2D eigenvalue weighted by Crippen LogP contribution is 2.25. The van der Waals surface area contributed by atoms with Gasteiger partial charge in [-0.1, -0.05) is 0 Å². The molecule has 3 heterocycles. The number of hydrogen-bond acceptors (Lipinski definition) is 7. The summed E-state index contributed by atoms with van der Waals surface area (Å²) in [6.07, 6.45) is 4.41. The van der Waals surface area contributed by atoms with E-state index in [1.165, 1.54) is 28.8 Å². The molecule has 1 aromatic carbocycles. The number of carbonyl (C=O) groups excluding carboxylic acids is 1. The van der Waals surface area contributed by atoms with Gasteiger partial charge in [0.25, 0.3) is 5.91 Å². The highest BCUT2D eigenvalue weighted by Gasteiger charge is 2.28. The summed E-state index contributed by atoms with van der Waals surface area (Å²) in [5.74, 6) is -1.40. The fourth-order valence-electron chi connectivity index (χ4n) is 3.28. The highest BCUT2D eigenvalue weighted by atomic mass is 32.2. The number of rotatable bonds is 2. The molecule has 27 heavy (non-hydrogen) atoms. The minimum Gasteiger partial charge on any atom is -0.407 e. The Labute approximate surface area is 154 Å². The SMILES string of the molecule is CS(=O)(=O)N1CCc2c(cncc2C(=O)n2c(=O)oc3ccc(N)cc32)C1. The molecule has 0 unspecified atom stereocenters. The number of sulfonamides is 1. The van der Waals surface area contributed by atoms with Crippen LogP contribution in [0, 0.1) is 0 Å². The normalized spacial score (nSPS) is 15.0. The number of pyridine rings is 1. The Morgan fingerprint density at radius 3 is 2.81 bits per heavy atom. The van der Waals surface area contributed by atoms with Gasteiger partial charge in [0.05, 0.1) is 11.8 Å². The van der Waals surface area contributed by atoms with Crippen LogP contribution in [0.3, 0.4) is 0 Å². The van der Waals surface area contributed by atoms with Gasteiger partial charge in [0.15, 0.2) is 5.58 Å². The second-order valence-corrected chi connectivity index (χ2v) is 8.39. The summed E-state index contributed by atoms with van der Waals surface area (Å²) in [4.78, 5) is 29.4. The number of hydrogen-bond donors (Lipinski definition) is 1. The minimum atomic E-state index is -3.35. The lowest BCUT2D eigenvalue weighted by Crippen LogP contribution is -2.36. The van der Waals surface area contributed by atoms with Crippen LogP contribution in [0.4, 0.5) is 5.69 Å². The van der Waals surface area contributed by atoms with Crippen molar-refractivity contribution in [2.75, 3.05) is 18.5 Å². The fourth-order valence-corrected chi connectivity index (χ4v) is 4.08. The van der Waals surface area contributed by atoms with Crippen LogP contribution in [0.25, 0.3) is 11.1 Å². The molecule has 0 bridgehead atoms. The zero-order chi connectivity index (χ0) is 19.3. The smallest absolute Gasteiger partial charge is 0.407 e. The van der Waals surface area contributed by atoms with Crippen molar-refractivity contribution >= 4 is 32.7 Å². The molecule has 1 aliphatic heterocycles. The second kappa shape index (κ2) is 6.03. The summed E-state index contributed by atoms with van der Waals surface area (Å²) < 4.78 is 31.0. The summed E-state index contributed by atoms with van der Waals surface area (Å²) in [7, 11) is -3.35. The zero-order valence-corrected chi connectivity index (χ0v) is 15.2. The summed E-state index contributed by atoms with van der Waals surface area (Å²) in [6, 6.07) is 4.59. The number of oxazole rings is 1. The van der Waals surface area contributed by atoms with E-state index in [4.69, 9.17) is 10.2 Å². The summed E-state index contributed by atoms with van der Waals surface area (Å²) >= 11 is 0. The van der Waals surface area contributed by atoms with Crippen molar-refractivity contribution in [1.82, 2.24) is 13.9 Å². The average Bonchev–Trinajstić information content (AvgIpc) is 2.94. The second-order valence-electron chi connectivity index (χ2n) is 6.41. The Kier molecular flexibility index (Phi) is 3.89. The van der Waals surface area contributed by atoms with E-state index in [0.29, 0.717) is 23.2 Å². The number of aromatic nitrogens is 2. The molecule has 140 valence electrons. The first kappa shape index (κ1) is 17.4. The van der Waals surface area contributed by atoms with Gasteiger partial charge in [-0.15, -0.1) is 0 Å². The maximum atomic E-state index is 13.1. The lowest BCUT2D eigenvalue weighted by atomic mass is 9.98. The third-order valence-electron chi connectivity index (χ3n) is 4.61. The molecule has 0 amide bonds. The lowest BCUT2D eigenvalue weighted by molar-refractivity contribution is 0.0954. The van der Waals surface area contributed by atoms with Crippen LogP contribution >= 0.6 is 0 Å². The van der Waals surface area contributed by atoms with Gasteiger partial charge in [-0.2, -0.15) is 4.31 Å². The Balaban J connectivity index is 1.83. The topological polar surface area (TPSA) is 128 Å². The van der Waals surface area contributed by atoms with Crippen molar-refractivity contribution in [3.8, 4) is 0 Å². The van der Waals surface area contributed by atoms with Crippen molar-refractivity contribution < 1.29 is 17.6 Å². The van der Waals surface area contributed by atoms with Crippen molar-refractivity contribution in [3.63, 3.8) is 0 Å². The standard InChI is InChI=1S/C17H16N4O5S/c1-27(24,25)20-5-4-12-10(9-20)7-19-8-13(12)16(22)21-14-6-11(18)2-3-15(14)26-17(21)23/h2-3,6-8H,4-5,9,18H2,1H3. The molecule has 0 saturated carbocycles. The maximum absolute atomic E-state index is 13.1. The van der Waals surface area contributed by atoms with Crippen LogP contribution in [-0.2, 0) is 23.0 Å². The minimum absolute atomic E-state index is 0.135. The molecule has 0 fully saturated rings. The van der Waals surface area contributed by atoms with Crippen LogP contribution in [0.15, 0.2) is 39.8 Å². The number of nitrogens with zero attached hydrogens (tertiary/aromatic N) is 3. The van der Waals surface area contributed by atoms with Gasteiger partial charge < -0.3 is 10.2 Å². The van der Waals surface area contributed by atoms with Gasteiger partial charge in [-0.05, 0) is 35.7 Å². The molecule has 0 saturated heterocycles. The molecule has 2 aromatic heterocycles. The van der Waals surface area contributed by atoms with E-state index in [-0.39, 0.29) is 29.8 Å². The Bertz CT molecular complexity index is 1240. The molecule has 1 aliphatic rings. The van der Waals surface area contributed by atoms with Crippen molar-refractivity contribution in [2.24, 2.45) is 0 Å². The molecule has 9 nitrogen and oxygen atoms in total. The molecular weight excluding hydrogens is 372 g/mol. The summed E-state index contributed by atoms with van der Waals surface area (Å²) in [5, 5.41) is 0. The summed E-state index contributed by atoms with van der Waals surface area (Å²) in [6.45, 7) is 0.389. The van der Waals surface area contributed by atoms with Crippen molar-refractivity contribution in [1.29, 1.82) is 0 Å². The lowest BCUT2D eigenvalue weighted by Gasteiger charge is -2.27. The molecule has 2 N–H and O–H groups in total. The average molecular weight is 388 g/mol. The fraction of sp³-hybridized carbons (Fsp3) is 0.235. The van der Waals surface area contributed by atoms with Crippen LogP contribution in [-0.4, -0.2) is 41.0 Å². The van der Waals surface area contributed by atoms with E-state index in [9.17, 15) is 18.0 Å². The van der Waals surface area contributed by atoms with Gasteiger partial charge >= 0.3 is 5.76 Å². The van der Waals surface area contributed by atoms with E-state index >= 15 is 0 Å². The maximum Gasteiger partial charge on any atom is 0.427 e. The molecule has 3 aromatic rings. The molecule has 10 heteroatoms. The summed E-state index contributed by atoms with van der Waals surface area (Å²) in [5.41, 5.74) is 8.24. The van der Waals surface area contributed by atoms with E-state index in [1.54, 1.807) is 6.07 Å². The van der Waals surface area contributed by atoms with E-state index in [2.05, 4.69) is 4.98 Å². The number of benzene rings is 1. The van der Waals surface area contributed by atoms with Crippen LogP contribution < -0.4 is 11.5 Å². The molecule has 0 aliphatic carbocycles. The quantitative estimate of drug-likeness (QED) is 0.636. The van der Waals surface area contributed by atoms with Gasteiger partial charge in [-0.3, -0.25) is 9.78 Å². The van der Waals surface area contributed by atoms with E-state index in [1.807, 2.05) is 0 Å². The number of nitrogens with two attached hydrogens (primary N) is 1. The van der Waals surface area contributed by atoms with Gasteiger partial charge in [0.2, 0.25) is 10.0 Å². The van der Waals surface area contributed by atoms with Crippen molar-refractivity contribution in [2.45, 2.75) is 13.0 Å². The Morgan fingerprint density at radius 2 is 2.07 bits per heavy atom. The predicted octanol–water partition coefficient (Wildman–Crippen LogP) is 0.578. The zero-order valence-electron chi connectivity index (χ0n) is 14.4. The van der Waals surface area contributed by atoms with Gasteiger partial charge in [-0.25, -0.2) is 17.8 Å². The number of anilines is 1. The van der Waals surface area contributed by atoms with Crippen LogP contribution in [0.1, 0.15) is 21.5 Å². The first-order valence-electron chi connectivity index (χ1n) is 8.12. The predicted molar refractivity (Wildman–Crippen MR) is 97.8 cm³/mol. The van der Waals surface area contributed by atoms with Crippen molar-refractivity contribution in [3.05, 3.63) is 57.8 Å². The first-order chi connectivity index (χ1) is 12.8. The monoisotopic (exact) mass is 388 g/mol. The Hall–Kier alpha value is -2.98. The molecule has 0 atom stereocenters. The third-order valence-corrected chi connectivity index (χ3v) is 5.86. The largest absolute Gasteiger partial charge is 0.427 e. The van der Waals surface area contributed by atoms with Gasteiger partial charge in [0.1, 0.15) is 5.52 Å². The first-order valence-corrected chi connectivity index (χ1v) is 9.97. The number of nitrogen functional groups attached to an aromatic ring is 1. The van der Waals surface area contributed by atoms with E-state index in [0.717, 1.165) is 10.8 Å². The van der Waals surface area contributed by atoms with Crippen LogP contribution in [0.2, 0.25) is 0 Å². The molecule has 4 rings (SSSR count). The highest BCUT2D eigenvalue weighted by molar-refractivity contribution is 7.88.